The summed E-state index contributed by atoms with van der Waals surface area (Å²) in [7, 11) is 0. The summed E-state index contributed by atoms with van der Waals surface area (Å²) in [4.78, 5) is 36.7. The van der Waals surface area contributed by atoms with Gasteiger partial charge < -0.3 is 4.79 Å². The first kappa shape index (κ1) is 12.4. The highest BCUT2D eigenvalue weighted by molar-refractivity contribution is 5.77. The standard InChI is InChI=1S/C6H5F3O5/c7-6(8,9)5(12)14-13-4(11)2-1-3-10/h3H,1-2H2. The van der Waals surface area contributed by atoms with E-state index in [0.717, 1.165) is 0 Å². The normalized spacial score (nSPS) is 10.5. The van der Waals surface area contributed by atoms with Crippen molar-refractivity contribution in [2.75, 3.05) is 0 Å². The Kier molecular flexibility index (Phi) is 4.60. The van der Waals surface area contributed by atoms with Gasteiger partial charge in [-0.1, -0.05) is 0 Å². The lowest BCUT2D eigenvalue weighted by atomic mass is 10.3. The molecular weight excluding hydrogens is 209 g/mol. The molecule has 0 amide bonds. The van der Waals surface area contributed by atoms with E-state index in [-0.39, 0.29) is 6.42 Å². The summed E-state index contributed by atoms with van der Waals surface area (Å²) in [5.41, 5.74) is 0. The van der Waals surface area contributed by atoms with E-state index in [0.29, 0.717) is 6.29 Å². The largest absolute Gasteiger partial charge is 0.495 e. The van der Waals surface area contributed by atoms with Gasteiger partial charge in [-0.3, -0.25) is 0 Å². The van der Waals surface area contributed by atoms with Crippen LogP contribution in [0.15, 0.2) is 0 Å². The summed E-state index contributed by atoms with van der Waals surface area (Å²) < 4.78 is 34.3. The molecule has 0 bridgehead atoms. The molecule has 0 rings (SSSR count). The monoisotopic (exact) mass is 214 g/mol. The predicted molar refractivity (Wildman–Crippen MR) is 33.5 cm³/mol. The second kappa shape index (κ2) is 5.20. The molecule has 5 nitrogen and oxygen atoms in total. The van der Waals surface area contributed by atoms with E-state index in [1.807, 2.05) is 0 Å². The van der Waals surface area contributed by atoms with Crippen LogP contribution in [-0.2, 0) is 24.2 Å². The first-order valence-corrected chi connectivity index (χ1v) is 3.30. The highest BCUT2D eigenvalue weighted by atomic mass is 19.4. The fourth-order valence-electron chi connectivity index (χ4n) is 0.350. The van der Waals surface area contributed by atoms with Crippen LogP contribution in [0.2, 0.25) is 0 Å². The van der Waals surface area contributed by atoms with E-state index >= 15 is 0 Å². The fourth-order valence-corrected chi connectivity index (χ4v) is 0.350. The number of hydrogen-bond acceptors (Lipinski definition) is 5. The van der Waals surface area contributed by atoms with Gasteiger partial charge in [-0.25, -0.2) is 19.4 Å². The van der Waals surface area contributed by atoms with Crippen LogP contribution in [0.25, 0.3) is 0 Å². The fraction of sp³-hybridized carbons (Fsp3) is 0.500. The molecule has 80 valence electrons. The number of rotatable bonds is 3. The maximum atomic E-state index is 11.4. The minimum atomic E-state index is -5.22. The van der Waals surface area contributed by atoms with Crippen molar-refractivity contribution in [1.82, 2.24) is 0 Å². The number of hydrogen-bond donors (Lipinski definition) is 0. The van der Waals surface area contributed by atoms with Crippen LogP contribution in [-0.4, -0.2) is 24.4 Å². The summed E-state index contributed by atoms with van der Waals surface area (Å²) in [6.45, 7) is 0. The van der Waals surface area contributed by atoms with Crippen molar-refractivity contribution < 1.29 is 37.3 Å². The number of carbonyl (C=O) groups excluding carboxylic acids is 3. The smallest absolute Gasteiger partial charge is 0.303 e. The zero-order valence-corrected chi connectivity index (χ0v) is 6.67. The Morgan fingerprint density at radius 1 is 1.21 bits per heavy atom. The van der Waals surface area contributed by atoms with Crippen LogP contribution in [0.3, 0.4) is 0 Å². The van der Waals surface area contributed by atoms with E-state index in [4.69, 9.17) is 0 Å². The van der Waals surface area contributed by atoms with E-state index < -0.39 is 24.5 Å². The van der Waals surface area contributed by atoms with Gasteiger partial charge >= 0.3 is 18.1 Å². The zero-order valence-electron chi connectivity index (χ0n) is 6.67. The summed E-state index contributed by atoms with van der Waals surface area (Å²) in [6.07, 6.45) is -5.52. The van der Waals surface area contributed by atoms with Gasteiger partial charge in [0.25, 0.3) is 0 Å². The topological polar surface area (TPSA) is 69.7 Å². The van der Waals surface area contributed by atoms with Gasteiger partial charge in [-0.2, -0.15) is 13.2 Å². The molecule has 0 unspecified atom stereocenters. The van der Waals surface area contributed by atoms with Crippen LogP contribution in [0, 0.1) is 0 Å². The zero-order chi connectivity index (χ0) is 11.2. The van der Waals surface area contributed by atoms with Gasteiger partial charge in [0.1, 0.15) is 6.29 Å². The predicted octanol–water partition coefficient (Wildman–Crippen LogP) is 0.529. The highest BCUT2D eigenvalue weighted by Gasteiger charge is 2.43. The van der Waals surface area contributed by atoms with Gasteiger partial charge in [0, 0.05) is 6.42 Å². The second-order valence-electron chi connectivity index (χ2n) is 2.03. The molecular formula is C6H5F3O5. The third-order valence-electron chi connectivity index (χ3n) is 0.908. The van der Waals surface area contributed by atoms with Crippen molar-refractivity contribution in [2.24, 2.45) is 0 Å². The summed E-state index contributed by atoms with van der Waals surface area (Å²) >= 11 is 0. The molecule has 0 spiro atoms. The van der Waals surface area contributed by atoms with Crippen LogP contribution < -0.4 is 0 Å². The number of alkyl halides is 3. The van der Waals surface area contributed by atoms with Crippen molar-refractivity contribution in [2.45, 2.75) is 19.0 Å². The lowest BCUT2D eigenvalue weighted by Gasteiger charge is -2.03. The first-order valence-electron chi connectivity index (χ1n) is 3.30. The summed E-state index contributed by atoms with van der Waals surface area (Å²) in [6, 6.07) is 0. The van der Waals surface area contributed by atoms with Gasteiger partial charge in [0.15, 0.2) is 0 Å². The Hall–Kier alpha value is -1.60. The van der Waals surface area contributed by atoms with Crippen LogP contribution in [0.4, 0.5) is 13.2 Å². The van der Waals surface area contributed by atoms with Crippen LogP contribution >= 0.6 is 0 Å². The molecule has 0 aliphatic rings. The van der Waals surface area contributed by atoms with E-state index in [9.17, 15) is 27.6 Å². The summed E-state index contributed by atoms with van der Waals surface area (Å²) in [5.74, 6) is -3.85. The number of halogens is 3. The molecule has 0 heterocycles. The molecule has 0 aromatic heterocycles. The van der Waals surface area contributed by atoms with Crippen molar-refractivity contribution in [3.05, 3.63) is 0 Å². The quantitative estimate of drug-likeness (QED) is 0.389. The summed E-state index contributed by atoms with van der Waals surface area (Å²) in [5, 5.41) is 0. The molecule has 14 heavy (non-hydrogen) atoms. The van der Waals surface area contributed by atoms with Gasteiger partial charge in [-0.15, -0.1) is 0 Å². The highest BCUT2D eigenvalue weighted by Crippen LogP contribution is 2.16. The van der Waals surface area contributed by atoms with Gasteiger partial charge in [0.05, 0.1) is 6.42 Å². The van der Waals surface area contributed by atoms with Crippen molar-refractivity contribution in [3.8, 4) is 0 Å². The molecule has 0 aliphatic heterocycles. The van der Waals surface area contributed by atoms with Crippen molar-refractivity contribution in [3.63, 3.8) is 0 Å². The minimum Gasteiger partial charge on any atom is -0.303 e. The lowest BCUT2D eigenvalue weighted by Crippen LogP contribution is -2.26. The molecule has 0 radical (unpaired) electrons. The van der Waals surface area contributed by atoms with Crippen LogP contribution in [0.1, 0.15) is 12.8 Å². The Morgan fingerprint density at radius 3 is 2.21 bits per heavy atom. The molecule has 8 heteroatoms. The first-order chi connectivity index (χ1) is 6.38. The molecule has 0 saturated heterocycles. The average Bonchev–Trinajstić information content (AvgIpc) is 2.09. The Morgan fingerprint density at radius 2 is 1.79 bits per heavy atom. The SMILES string of the molecule is O=CCCC(=O)OOC(=O)C(F)(F)F. The second-order valence-corrected chi connectivity index (χ2v) is 2.03. The molecule has 0 N–H and O–H groups in total. The van der Waals surface area contributed by atoms with E-state index in [2.05, 4.69) is 9.78 Å². The van der Waals surface area contributed by atoms with E-state index in [1.165, 1.54) is 0 Å². The average molecular weight is 214 g/mol. The lowest BCUT2D eigenvalue weighted by molar-refractivity contribution is -0.285. The molecule has 0 aliphatic carbocycles. The molecule has 0 fully saturated rings. The number of carbonyl (C=O) groups is 3. The minimum absolute atomic E-state index is 0.220. The maximum Gasteiger partial charge on any atom is 0.495 e. The molecule has 0 atom stereocenters. The third kappa shape index (κ3) is 5.12. The molecule has 0 saturated carbocycles. The Bertz CT molecular complexity index is 234. The Labute approximate surface area is 75.7 Å². The maximum absolute atomic E-state index is 11.4. The molecule has 0 aromatic carbocycles. The molecule has 0 aromatic rings. The van der Waals surface area contributed by atoms with Gasteiger partial charge in [-0.05, 0) is 0 Å². The van der Waals surface area contributed by atoms with E-state index in [1.54, 1.807) is 0 Å². The Balaban J connectivity index is 3.78. The third-order valence-corrected chi connectivity index (χ3v) is 0.908. The van der Waals surface area contributed by atoms with Gasteiger partial charge in [0.2, 0.25) is 0 Å². The van der Waals surface area contributed by atoms with Crippen LogP contribution in [0.5, 0.6) is 0 Å². The van der Waals surface area contributed by atoms with Crippen molar-refractivity contribution >= 4 is 18.2 Å². The number of aldehydes is 1. The van der Waals surface area contributed by atoms with Crippen molar-refractivity contribution in [1.29, 1.82) is 0 Å².